The van der Waals surface area contributed by atoms with Gasteiger partial charge in [0.15, 0.2) is 5.60 Å². The van der Waals surface area contributed by atoms with E-state index in [-0.39, 0.29) is 5.78 Å². The second-order valence-corrected chi connectivity index (χ2v) is 7.00. The molecule has 1 aromatic heterocycles. The third-order valence-corrected chi connectivity index (χ3v) is 5.30. The maximum Gasteiger partial charge on any atom is 0.216 e. The normalized spacial score (nSPS) is 21.3. The number of hydrogen-bond acceptors (Lipinski definition) is 6. The van der Waals surface area contributed by atoms with Gasteiger partial charge in [0.1, 0.15) is 5.84 Å². The number of amidine groups is 1. The Kier molecular flexibility index (Phi) is 3.63. The summed E-state index contributed by atoms with van der Waals surface area (Å²) in [6.45, 7) is 6.36. The van der Waals surface area contributed by atoms with Gasteiger partial charge < -0.3 is 14.7 Å². The van der Waals surface area contributed by atoms with Crippen molar-refractivity contribution in [2.75, 3.05) is 18.6 Å². The number of pyridine rings is 1. The number of nitrogens with zero attached hydrogens (tertiary/aromatic N) is 3. The molecule has 26 heavy (non-hydrogen) atoms. The number of methoxy groups -OCH3 is 1. The van der Waals surface area contributed by atoms with Gasteiger partial charge in [0.2, 0.25) is 11.7 Å². The van der Waals surface area contributed by atoms with Crippen LogP contribution < -0.4 is 9.64 Å². The van der Waals surface area contributed by atoms with E-state index in [9.17, 15) is 9.90 Å². The molecular weight excluding hydrogens is 330 g/mol. The highest BCUT2D eigenvalue weighted by Crippen LogP contribution is 2.40. The molecule has 3 heterocycles. The van der Waals surface area contributed by atoms with Crippen LogP contribution in [0.3, 0.4) is 0 Å². The summed E-state index contributed by atoms with van der Waals surface area (Å²) in [5.41, 5.74) is 3.28. The molecule has 2 aliphatic heterocycles. The predicted molar refractivity (Wildman–Crippen MR) is 99.8 cm³/mol. The molecule has 1 unspecified atom stereocenters. The van der Waals surface area contributed by atoms with Gasteiger partial charge in [-0.3, -0.25) is 4.79 Å². The zero-order valence-electron chi connectivity index (χ0n) is 15.3. The Labute approximate surface area is 152 Å². The van der Waals surface area contributed by atoms with Crippen molar-refractivity contribution in [3.63, 3.8) is 0 Å². The van der Waals surface area contributed by atoms with Crippen molar-refractivity contribution in [1.82, 2.24) is 4.98 Å². The van der Waals surface area contributed by atoms with Crippen molar-refractivity contribution in [3.8, 4) is 5.88 Å². The third-order valence-electron chi connectivity index (χ3n) is 5.30. The maximum absolute atomic E-state index is 13.0. The SMILES string of the molecule is COc1ncc(N2CCC3(O)C(=O)c4cc(C)c(C)cc4N=C23)cc1C. The van der Waals surface area contributed by atoms with Crippen LogP contribution in [0.4, 0.5) is 11.4 Å². The van der Waals surface area contributed by atoms with Crippen molar-refractivity contribution in [2.45, 2.75) is 32.8 Å². The van der Waals surface area contributed by atoms with Gasteiger partial charge in [0.05, 0.1) is 24.7 Å². The minimum absolute atomic E-state index is 0.277. The molecule has 0 bridgehead atoms. The highest BCUT2D eigenvalue weighted by atomic mass is 16.5. The summed E-state index contributed by atoms with van der Waals surface area (Å²) in [7, 11) is 1.58. The lowest BCUT2D eigenvalue weighted by Gasteiger charge is -2.30. The van der Waals surface area contributed by atoms with E-state index in [1.807, 2.05) is 43.9 Å². The van der Waals surface area contributed by atoms with Gasteiger partial charge in [-0.05, 0) is 50.1 Å². The van der Waals surface area contributed by atoms with Crippen molar-refractivity contribution >= 4 is 23.0 Å². The first-order valence-electron chi connectivity index (χ1n) is 8.61. The largest absolute Gasteiger partial charge is 0.481 e. The number of carbonyl (C=O) groups excluding carboxylic acids is 1. The van der Waals surface area contributed by atoms with Gasteiger partial charge in [-0.15, -0.1) is 0 Å². The zero-order valence-corrected chi connectivity index (χ0v) is 15.3. The fourth-order valence-corrected chi connectivity index (χ4v) is 3.65. The van der Waals surface area contributed by atoms with Crippen LogP contribution in [0, 0.1) is 20.8 Å². The summed E-state index contributed by atoms with van der Waals surface area (Å²) in [6, 6.07) is 5.66. The molecule has 134 valence electrons. The van der Waals surface area contributed by atoms with Crippen molar-refractivity contribution in [3.05, 3.63) is 46.6 Å². The first-order valence-corrected chi connectivity index (χ1v) is 8.61. The number of aliphatic hydroxyl groups is 1. The Morgan fingerprint density at radius 1 is 1.15 bits per heavy atom. The van der Waals surface area contributed by atoms with E-state index in [0.717, 1.165) is 22.4 Å². The van der Waals surface area contributed by atoms with Gasteiger partial charge in [-0.25, -0.2) is 9.98 Å². The number of aromatic nitrogens is 1. The number of rotatable bonds is 2. The van der Waals surface area contributed by atoms with Crippen molar-refractivity contribution in [1.29, 1.82) is 0 Å². The van der Waals surface area contributed by atoms with Gasteiger partial charge in [-0.2, -0.15) is 0 Å². The van der Waals surface area contributed by atoms with Crippen molar-refractivity contribution in [2.24, 2.45) is 4.99 Å². The number of ether oxygens (including phenoxy) is 1. The summed E-state index contributed by atoms with van der Waals surface area (Å²) in [5.74, 6) is 0.659. The molecule has 1 saturated heterocycles. The molecule has 0 spiro atoms. The highest BCUT2D eigenvalue weighted by molar-refractivity contribution is 6.28. The second-order valence-electron chi connectivity index (χ2n) is 7.00. The fraction of sp³-hybridized carbons (Fsp3) is 0.350. The predicted octanol–water partition coefficient (Wildman–Crippen LogP) is 2.88. The third kappa shape index (κ3) is 2.25. The van der Waals surface area contributed by atoms with Crippen LogP contribution in [-0.2, 0) is 0 Å². The summed E-state index contributed by atoms with van der Waals surface area (Å²) < 4.78 is 5.21. The Balaban J connectivity index is 1.84. The lowest BCUT2D eigenvalue weighted by Crippen LogP contribution is -2.48. The molecule has 1 aromatic carbocycles. The van der Waals surface area contributed by atoms with E-state index < -0.39 is 5.60 Å². The first-order chi connectivity index (χ1) is 12.3. The Bertz CT molecular complexity index is 967. The number of aliphatic imine (C=N–C) groups is 1. The maximum atomic E-state index is 13.0. The van der Waals surface area contributed by atoms with Crippen LogP contribution in [-0.4, -0.2) is 41.0 Å². The van der Waals surface area contributed by atoms with E-state index >= 15 is 0 Å². The monoisotopic (exact) mass is 351 g/mol. The van der Waals surface area contributed by atoms with E-state index in [1.165, 1.54) is 0 Å². The summed E-state index contributed by atoms with van der Waals surface area (Å²) in [5, 5.41) is 11.1. The van der Waals surface area contributed by atoms with Crippen LogP contribution >= 0.6 is 0 Å². The molecule has 0 radical (unpaired) electrons. The average Bonchev–Trinajstić information content (AvgIpc) is 2.95. The molecule has 1 fully saturated rings. The molecule has 2 aliphatic rings. The lowest BCUT2D eigenvalue weighted by molar-refractivity contribution is 0.0602. The molecule has 6 nitrogen and oxygen atoms in total. The molecule has 0 amide bonds. The number of aryl methyl sites for hydroxylation is 3. The highest BCUT2D eigenvalue weighted by Gasteiger charge is 2.52. The van der Waals surface area contributed by atoms with E-state index in [0.29, 0.717) is 35.9 Å². The Hall–Kier alpha value is -2.73. The topological polar surface area (TPSA) is 75.0 Å². The molecule has 4 rings (SSSR count). The van der Waals surface area contributed by atoms with E-state index in [1.54, 1.807) is 13.3 Å². The smallest absolute Gasteiger partial charge is 0.216 e. The molecular formula is C20H21N3O3. The number of Topliss-reactive ketones (excluding diaryl/α,β-unsaturated/α-hetero) is 1. The molecule has 6 heteroatoms. The molecule has 1 N–H and O–H groups in total. The van der Waals surface area contributed by atoms with Crippen LogP contribution in [0.2, 0.25) is 0 Å². The number of carbonyl (C=O) groups is 1. The van der Waals surface area contributed by atoms with E-state index in [2.05, 4.69) is 9.98 Å². The van der Waals surface area contributed by atoms with Gasteiger partial charge in [-0.1, -0.05) is 0 Å². The van der Waals surface area contributed by atoms with Crippen LogP contribution in [0.25, 0.3) is 0 Å². The zero-order chi connectivity index (χ0) is 18.6. The molecule has 1 atom stereocenters. The average molecular weight is 351 g/mol. The standard InChI is InChI=1S/C20H21N3O3/c1-11-8-15-16(9-12(11)2)22-19-20(25,17(15)24)5-6-23(19)14-7-13(3)18(26-4)21-10-14/h7-10,25H,5-6H2,1-4H3. The number of benzene rings is 1. The van der Waals surface area contributed by atoms with Gasteiger partial charge in [0.25, 0.3) is 0 Å². The molecule has 2 aromatic rings. The number of ketones is 1. The molecule has 0 aliphatic carbocycles. The first kappa shape index (κ1) is 16.7. The van der Waals surface area contributed by atoms with E-state index in [4.69, 9.17) is 4.74 Å². The Morgan fingerprint density at radius 2 is 1.88 bits per heavy atom. The second kappa shape index (κ2) is 5.64. The van der Waals surface area contributed by atoms with Crippen LogP contribution in [0.1, 0.15) is 33.5 Å². The van der Waals surface area contributed by atoms with Gasteiger partial charge in [0, 0.05) is 24.1 Å². The van der Waals surface area contributed by atoms with Crippen LogP contribution in [0.5, 0.6) is 5.88 Å². The quantitative estimate of drug-likeness (QED) is 0.900. The minimum Gasteiger partial charge on any atom is -0.481 e. The van der Waals surface area contributed by atoms with Crippen LogP contribution in [0.15, 0.2) is 29.4 Å². The number of fused-ring (bicyclic) bond motifs is 2. The summed E-state index contributed by atoms with van der Waals surface area (Å²) >= 11 is 0. The molecule has 0 saturated carbocycles. The van der Waals surface area contributed by atoms with Crippen molar-refractivity contribution < 1.29 is 14.6 Å². The van der Waals surface area contributed by atoms with Gasteiger partial charge >= 0.3 is 0 Å². The lowest BCUT2D eigenvalue weighted by atomic mass is 9.86. The Morgan fingerprint density at radius 3 is 2.58 bits per heavy atom. The summed E-state index contributed by atoms with van der Waals surface area (Å²) in [6.07, 6.45) is 1.99. The minimum atomic E-state index is -1.58. The summed E-state index contributed by atoms with van der Waals surface area (Å²) in [4.78, 5) is 23.9. The fourth-order valence-electron chi connectivity index (χ4n) is 3.65. The number of hydrogen-bond donors (Lipinski definition) is 1. The number of anilines is 1.